The minimum Gasteiger partial charge on any atom is -0.323 e. The monoisotopic (exact) mass is 345 g/mol. The second-order valence-corrected chi connectivity index (χ2v) is 7.87. The van der Waals surface area contributed by atoms with Gasteiger partial charge in [0.05, 0.1) is 28.7 Å². The van der Waals surface area contributed by atoms with Crippen LogP contribution in [0.5, 0.6) is 0 Å². The van der Waals surface area contributed by atoms with Gasteiger partial charge in [-0.25, -0.2) is 13.1 Å². The summed E-state index contributed by atoms with van der Waals surface area (Å²) in [6.07, 6.45) is 10.9. The summed E-state index contributed by atoms with van der Waals surface area (Å²) in [6, 6.07) is 6.64. The summed E-state index contributed by atoms with van der Waals surface area (Å²) in [6.45, 7) is 0. The fourth-order valence-corrected chi connectivity index (χ4v) is 3.62. The molecule has 7 heteroatoms. The van der Waals surface area contributed by atoms with Crippen LogP contribution in [0.4, 0.5) is 5.69 Å². The molecule has 3 rings (SSSR count). The highest BCUT2D eigenvalue weighted by Crippen LogP contribution is 2.22. The fourth-order valence-electron chi connectivity index (χ4n) is 2.76. The molecule has 2 aromatic rings. The summed E-state index contributed by atoms with van der Waals surface area (Å²) in [5, 5.41) is 7.04. The Morgan fingerprint density at radius 1 is 1.29 bits per heavy atom. The van der Waals surface area contributed by atoms with Crippen molar-refractivity contribution in [3.63, 3.8) is 0 Å². The first-order valence-corrected chi connectivity index (χ1v) is 9.64. The van der Waals surface area contributed by atoms with Gasteiger partial charge in [-0.2, -0.15) is 5.10 Å². The standard InChI is InChI=1S/C17H19N3O3S/c1-24(22,23)16-10-6-5-9-15(16)20-12-14(11-18-20)19-17(21)13-7-3-2-4-8-13/h2-3,5-6,9-13H,4,7-8H2,1H3,(H,19,21)/t13-/m1/s1. The van der Waals surface area contributed by atoms with E-state index < -0.39 is 9.84 Å². The lowest BCUT2D eigenvalue weighted by molar-refractivity contribution is -0.120. The van der Waals surface area contributed by atoms with Crippen LogP contribution in [0, 0.1) is 5.92 Å². The zero-order valence-electron chi connectivity index (χ0n) is 13.3. The zero-order valence-corrected chi connectivity index (χ0v) is 14.2. The summed E-state index contributed by atoms with van der Waals surface area (Å²) in [4.78, 5) is 12.5. The number of rotatable bonds is 4. The maximum absolute atomic E-state index is 12.3. The predicted octanol–water partition coefficient (Wildman–Crippen LogP) is 2.57. The van der Waals surface area contributed by atoms with E-state index in [4.69, 9.17) is 0 Å². The fraction of sp³-hybridized carbons (Fsp3) is 0.294. The van der Waals surface area contributed by atoms with Gasteiger partial charge in [0.1, 0.15) is 0 Å². The van der Waals surface area contributed by atoms with E-state index in [1.165, 1.54) is 10.9 Å². The number of allylic oxidation sites excluding steroid dienone is 2. The van der Waals surface area contributed by atoms with E-state index >= 15 is 0 Å². The van der Waals surface area contributed by atoms with Gasteiger partial charge in [-0.15, -0.1) is 0 Å². The Hall–Kier alpha value is -2.41. The first-order valence-electron chi connectivity index (χ1n) is 7.75. The number of para-hydroxylation sites is 1. The molecule has 1 heterocycles. The molecule has 0 aliphatic heterocycles. The summed E-state index contributed by atoms with van der Waals surface area (Å²) in [7, 11) is -3.37. The Kier molecular flexibility index (Phi) is 4.53. The first-order chi connectivity index (χ1) is 11.4. The first kappa shape index (κ1) is 16.4. The van der Waals surface area contributed by atoms with Crippen molar-refractivity contribution in [2.45, 2.75) is 24.2 Å². The summed E-state index contributed by atoms with van der Waals surface area (Å²) in [5.74, 6) is -0.0584. The number of sulfone groups is 1. The SMILES string of the molecule is CS(=O)(=O)c1ccccc1-n1cc(NC(=O)[C@@H]2CC=CCC2)cn1. The normalized spacial score (nSPS) is 17.6. The van der Waals surface area contributed by atoms with Crippen molar-refractivity contribution >= 4 is 21.4 Å². The Labute approximate surface area is 141 Å². The number of carbonyl (C=O) groups is 1. The van der Waals surface area contributed by atoms with Crippen LogP contribution < -0.4 is 5.32 Å². The van der Waals surface area contributed by atoms with Gasteiger partial charge in [-0.3, -0.25) is 4.79 Å². The lowest BCUT2D eigenvalue weighted by Gasteiger charge is -2.16. The molecule has 0 saturated heterocycles. The highest BCUT2D eigenvalue weighted by atomic mass is 32.2. The van der Waals surface area contributed by atoms with Crippen LogP contribution in [0.2, 0.25) is 0 Å². The van der Waals surface area contributed by atoms with Gasteiger partial charge in [0, 0.05) is 12.2 Å². The molecule has 0 spiro atoms. The van der Waals surface area contributed by atoms with E-state index in [1.54, 1.807) is 30.5 Å². The second kappa shape index (κ2) is 6.60. The van der Waals surface area contributed by atoms with E-state index in [0.717, 1.165) is 25.5 Å². The second-order valence-electron chi connectivity index (χ2n) is 5.88. The van der Waals surface area contributed by atoms with Gasteiger partial charge in [0.2, 0.25) is 5.91 Å². The van der Waals surface area contributed by atoms with Crippen molar-refractivity contribution in [2.24, 2.45) is 5.92 Å². The average molecular weight is 345 g/mol. The van der Waals surface area contributed by atoms with Crippen molar-refractivity contribution < 1.29 is 13.2 Å². The van der Waals surface area contributed by atoms with Crippen molar-refractivity contribution in [2.75, 3.05) is 11.6 Å². The lowest BCUT2D eigenvalue weighted by atomic mass is 9.94. The number of hydrogen-bond acceptors (Lipinski definition) is 4. The molecule has 6 nitrogen and oxygen atoms in total. The Balaban J connectivity index is 1.82. The van der Waals surface area contributed by atoms with Crippen LogP contribution in [-0.2, 0) is 14.6 Å². The quantitative estimate of drug-likeness (QED) is 0.864. The van der Waals surface area contributed by atoms with Gasteiger partial charge < -0.3 is 5.32 Å². The van der Waals surface area contributed by atoms with Crippen LogP contribution in [0.15, 0.2) is 53.7 Å². The van der Waals surface area contributed by atoms with E-state index in [1.807, 2.05) is 6.08 Å². The molecule has 24 heavy (non-hydrogen) atoms. The zero-order chi connectivity index (χ0) is 17.2. The Morgan fingerprint density at radius 2 is 2.08 bits per heavy atom. The number of nitrogens with zero attached hydrogens (tertiary/aromatic N) is 2. The number of aromatic nitrogens is 2. The smallest absolute Gasteiger partial charge is 0.227 e. The van der Waals surface area contributed by atoms with Crippen molar-refractivity contribution in [1.29, 1.82) is 0 Å². The molecule has 1 aromatic carbocycles. The van der Waals surface area contributed by atoms with E-state index in [2.05, 4.69) is 16.5 Å². The minimum absolute atomic E-state index is 0.0262. The molecular formula is C17H19N3O3S. The van der Waals surface area contributed by atoms with Crippen molar-refractivity contribution in [3.05, 3.63) is 48.8 Å². The molecule has 1 N–H and O–H groups in total. The van der Waals surface area contributed by atoms with E-state index in [-0.39, 0.29) is 16.7 Å². The Morgan fingerprint density at radius 3 is 2.79 bits per heavy atom. The number of benzene rings is 1. The largest absolute Gasteiger partial charge is 0.323 e. The maximum Gasteiger partial charge on any atom is 0.227 e. The molecule has 1 aliphatic rings. The van der Waals surface area contributed by atoms with Crippen LogP contribution in [-0.4, -0.2) is 30.4 Å². The molecule has 0 saturated carbocycles. The van der Waals surface area contributed by atoms with Gasteiger partial charge in [-0.1, -0.05) is 24.3 Å². The molecule has 0 radical (unpaired) electrons. The lowest BCUT2D eigenvalue weighted by Crippen LogP contribution is -2.23. The van der Waals surface area contributed by atoms with Gasteiger partial charge in [0.25, 0.3) is 0 Å². The molecule has 1 amide bonds. The van der Waals surface area contributed by atoms with Crippen LogP contribution in [0.3, 0.4) is 0 Å². The van der Waals surface area contributed by atoms with Crippen LogP contribution in [0.1, 0.15) is 19.3 Å². The van der Waals surface area contributed by atoms with Crippen LogP contribution in [0.25, 0.3) is 5.69 Å². The van der Waals surface area contributed by atoms with E-state index in [0.29, 0.717) is 11.4 Å². The van der Waals surface area contributed by atoms with Gasteiger partial charge >= 0.3 is 0 Å². The minimum atomic E-state index is -3.37. The third kappa shape index (κ3) is 3.56. The molecule has 126 valence electrons. The molecule has 1 atom stereocenters. The van der Waals surface area contributed by atoms with Gasteiger partial charge in [-0.05, 0) is 31.4 Å². The Bertz CT molecular complexity index is 884. The third-order valence-corrected chi connectivity index (χ3v) is 5.15. The molecule has 1 aliphatic carbocycles. The maximum atomic E-state index is 12.3. The third-order valence-electron chi connectivity index (χ3n) is 4.00. The van der Waals surface area contributed by atoms with E-state index in [9.17, 15) is 13.2 Å². The molecule has 0 fully saturated rings. The number of carbonyl (C=O) groups excluding carboxylic acids is 1. The summed E-state index contributed by atoms with van der Waals surface area (Å²) < 4.78 is 25.3. The highest BCUT2D eigenvalue weighted by molar-refractivity contribution is 7.90. The molecule has 0 bridgehead atoms. The number of hydrogen-bond donors (Lipinski definition) is 1. The van der Waals surface area contributed by atoms with Crippen LogP contribution >= 0.6 is 0 Å². The molecule has 1 aromatic heterocycles. The highest BCUT2D eigenvalue weighted by Gasteiger charge is 2.20. The van der Waals surface area contributed by atoms with Crippen molar-refractivity contribution in [3.8, 4) is 5.69 Å². The van der Waals surface area contributed by atoms with Gasteiger partial charge in [0.15, 0.2) is 9.84 Å². The number of nitrogens with one attached hydrogen (secondary N) is 1. The predicted molar refractivity (Wildman–Crippen MR) is 91.8 cm³/mol. The number of amides is 1. The average Bonchev–Trinajstić information content (AvgIpc) is 3.03. The summed E-state index contributed by atoms with van der Waals surface area (Å²) >= 11 is 0. The topological polar surface area (TPSA) is 81.1 Å². The summed E-state index contributed by atoms with van der Waals surface area (Å²) in [5.41, 5.74) is 1.01. The molecular weight excluding hydrogens is 326 g/mol. The van der Waals surface area contributed by atoms with Crippen molar-refractivity contribution in [1.82, 2.24) is 9.78 Å². The molecule has 0 unspecified atom stereocenters. The number of anilines is 1.